The van der Waals surface area contributed by atoms with E-state index in [0.29, 0.717) is 6.04 Å². The summed E-state index contributed by atoms with van der Waals surface area (Å²) in [4.78, 5) is 4.67. The molecule has 1 aromatic rings. The number of hydrogen-bond acceptors (Lipinski definition) is 3. The van der Waals surface area contributed by atoms with Gasteiger partial charge in [-0.1, -0.05) is 44.9 Å². The SMILES string of the molecule is Cc1csc(C(C)NC2CCCCC2C2CCCCC2)n1. The highest BCUT2D eigenvalue weighted by atomic mass is 32.1. The van der Waals surface area contributed by atoms with Crippen LogP contribution in [0, 0.1) is 18.8 Å². The second-order valence-electron chi connectivity index (χ2n) is 7.17. The molecule has 1 aromatic heterocycles. The van der Waals surface area contributed by atoms with Crippen molar-refractivity contribution >= 4 is 11.3 Å². The van der Waals surface area contributed by atoms with E-state index in [4.69, 9.17) is 0 Å². The molecule has 0 spiro atoms. The summed E-state index contributed by atoms with van der Waals surface area (Å²) in [6.45, 7) is 4.39. The molecule has 1 N–H and O–H groups in total. The molecule has 0 amide bonds. The number of nitrogens with one attached hydrogen (secondary N) is 1. The highest BCUT2D eigenvalue weighted by Crippen LogP contribution is 2.39. The molecule has 118 valence electrons. The number of aryl methyl sites for hydroxylation is 1. The predicted octanol–water partition coefficient (Wildman–Crippen LogP) is 5.24. The summed E-state index contributed by atoms with van der Waals surface area (Å²) >= 11 is 1.81. The molecule has 0 aliphatic heterocycles. The molecule has 1 heterocycles. The summed E-state index contributed by atoms with van der Waals surface area (Å²) in [6.07, 6.45) is 13.0. The third kappa shape index (κ3) is 3.87. The fourth-order valence-corrected chi connectivity index (χ4v) is 5.27. The van der Waals surface area contributed by atoms with Crippen molar-refractivity contribution in [3.05, 3.63) is 16.1 Å². The van der Waals surface area contributed by atoms with Gasteiger partial charge in [0.05, 0.1) is 6.04 Å². The van der Waals surface area contributed by atoms with E-state index in [2.05, 4.69) is 29.5 Å². The number of hydrogen-bond donors (Lipinski definition) is 1. The molecule has 21 heavy (non-hydrogen) atoms. The van der Waals surface area contributed by atoms with Gasteiger partial charge in [0, 0.05) is 17.1 Å². The van der Waals surface area contributed by atoms with Crippen molar-refractivity contribution in [1.82, 2.24) is 10.3 Å². The minimum Gasteiger partial charge on any atom is -0.305 e. The Hall–Kier alpha value is -0.410. The molecular formula is C18H30N2S. The second kappa shape index (κ2) is 7.23. The molecule has 2 aliphatic carbocycles. The number of nitrogens with zero attached hydrogens (tertiary/aromatic N) is 1. The second-order valence-corrected chi connectivity index (χ2v) is 8.06. The van der Waals surface area contributed by atoms with E-state index in [1.165, 1.54) is 62.8 Å². The van der Waals surface area contributed by atoms with Crippen molar-refractivity contribution in [1.29, 1.82) is 0 Å². The molecule has 0 radical (unpaired) electrons. The lowest BCUT2D eigenvalue weighted by molar-refractivity contribution is 0.143. The summed E-state index contributed by atoms with van der Waals surface area (Å²) in [5.74, 6) is 1.91. The first kappa shape index (κ1) is 15.5. The van der Waals surface area contributed by atoms with Crippen molar-refractivity contribution in [2.45, 2.75) is 83.7 Å². The van der Waals surface area contributed by atoms with Crippen molar-refractivity contribution in [2.75, 3.05) is 0 Å². The minimum absolute atomic E-state index is 0.415. The van der Waals surface area contributed by atoms with Gasteiger partial charge in [-0.2, -0.15) is 0 Å². The number of rotatable bonds is 4. The molecule has 3 atom stereocenters. The van der Waals surface area contributed by atoms with Gasteiger partial charge in [-0.05, 0) is 38.5 Å². The topological polar surface area (TPSA) is 24.9 Å². The zero-order valence-corrected chi connectivity index (χ0v) is 14.4. The van der Waals surface area contributed by atoms with Crippen LogP contribution in [0.4, 0.5) is 0 Å². The van der Waals surface area contributed by atoms with Gasteiger partial charge in [-0.15, -0.1) is 11.3 Å². The van der Waals surface area contributed by atoms with Crippen molar-refractivity contribution in [2.24, 2.45) is 11.8 Å². The Kier molecular flexibility index (Phi) is 5.33. The van der Waals surface area contributed by atoms with E-state index in [1.54, 1.807) is 0 Å². The highest BCUT2D eigenvalue weighted by molar-refractivity contribution is 7.09. The van der Waals surface area contributed by atoms with Crippen molar-refractivity contribution < 1.29 is 0 Å². The van der Waals surface area contributed by atoms with Gasteiger partial charge in [0.25, 0.3) is 0 Å². The number of thiazole rings is 1. The van der Waals surface area contributed by atoms with Gasteiger partial charge >= 0.3 is 0 Å². The zero-order valence-electron chi connectivity index (χ0n) is 13.6. The number of aromatic nitrogens is 1. The van der Waals surface area contributed by atoms with Crippen LogP contribution in [-0.2, 0) is 0 Å². The Labute approximate surface area is 133 Å². The molecule has 3 unspecified atom stereocenters. The molecule has 2 nitrogen and oxygen atoms in total. The van der Waals surface area contributed by atoms with Crippen LogP contribution in [-0.4, -0.2) is 11.0 Å². The highest BCUT2D eigenvalue weighted by Gasteiger charge is 2.33. The third-order valence-corrected chi connectivity index (χ3v) is 6.69. The Morgan fingerprint density at radius 2 is 1.81 bits per heavy atom. The normalized spacial score (nSPS) is 29.4. The van der Waals surface area contributed by atoms with E-state index in [1.807, 2.05) is 11.3 Å². The van der Waals surface area contributed by atoms with E-state index in [0.717, 1.165) is 23.6 Å². The van der Waals surface area contributed by atoms with Gasteiger partial charge in [0.2, 0.25) is 0 Å². The van der Waals surface area contributed by atoms with E-state index in [9.17, 15) is 0 Å². The molecule has 0 aromatic carbocycles. The fourth-order valence-electron chi connectivity index (χ4n) is 4.46. The summed E-state index contributed by atoms with van der Waals surface area (Å²) < 4.78 is 0. The van der Waals surface area contributed by atoms with Crippen LogP contribution in [0.5, 0.6) is 0 Å². The van der Waals surface area contributed by atoms with E-state index in [-0.39, 0.29) is 0 Å². The Bertz CT molecular complexity index is 436. The van der Waals surface area contributed by atoms with E-state index >= 15 is 0 Å². The largest absolute Gasteiger partial charge is 0.305 e. The average molecular weight is 307 g/mol. The van der Waals surface area contributed by atoms with Crippen LogP contribution in [0.15, 0.2) is 5.38 Å². The van der Waals surface area contributed by atoms with Crippen LogP contribution < -0.4 is 5.32 Å². The quantitative estimate of drug-likeness (QED) is 0.822. The molecule has 3 rings (SSSR count). The summed E-state index contributed by atoms with van der Waals surface area (Å²) in [5.41, 5.74) is 1.16. The predicted molar refractivity (Wildman–Crippen MR) is 90.7 cm³/mol. The van der Waals surface area contributed by atoms with Crippen LogP contribution in [0.3, 0.4) is 0 Å². The third-order valence-electron chi connectivity index (χ3n) is 5.55. The first-order valence-electron chi connectivity index (χ1n) is 8.92. The lowest BCUT2D eigenvalue weighted by atomic mass is 9.71. The lowest BCUT2D eigenvalue weighted by Crippen LogP contribution is -2.43. The van der Waals surface area contributed by atoms with Gasteiger partial charge in [-0.3, -0.25) is 0 Å². The Balaban J connectivity index is 1.63. The first-order chi connectivity index (χ1) is 10.2. The van der Waals surface area contributed by atoms with Gasteiger partial charge in [0.1, 0.15) is 5.01 Å². The molecule has 0 bridgehead atoms. The molecular weight excluding hydrogens is 276 g/mol. The standard InChI is InChI=1S/C18H30N2S/c1-13-12-21-18(19-13)14(2)20-17-11-7-6-10-16(17)15-8-4-3-5-9-15/h12,14-17,20H,3-11H2,1-2H3. The zero-order chi connectivity index (χ0) is 14.7. The van der Waals surface area contributed by atoms with Crippen LogP contribution in [0.1, 0.15) is 81.5 Å². The van der Waals surface area contributed by atoms with Crippen LogP contribution >= 0.6 is 11.3 Å². The molecule has 2 fully saturated rings. The maximum absolute atomic E-state index is 4.67. The molecule has 3 heteroatoms. The monoisotopic (exact) mass is 306 g/mol. The first-order valence-corrected chi connectivity index (χ1v) is 9.80. The lowest BCUT2D eigenvalue weighted by Gasteiger charge is -2.40. The average Bonchev–Trinajstić information content (AvgIpc) is 2.95. The van der Waals surface area contributed by atoms with Gasteiger partial charge in [0.15, 0.2) is 0 Å². The molecule has 0 saturated heterocycles. The van der Waals surface area contributed by atoms with Crippen LogP contribution in [0.2, 0.25) is 0 Å². The fraction of sp³-hybridized carbons (Fsp3) is 0.833. The van der Waals surface area contributed by atoms with E-state index < -0.39 is 0 Å². The Morgan fingerprint density at radius 1 is 1.10 bits per heavy atom. The van der Waals surface area contributed by atoms with Crippen molar-refractivity contribution in [3.63, 3.8) is 0 Å². The molecule has 2 saturated carbocycles. The van der Waals surface area contributed by atoms with Gasteiger partial charge in [-0.25, -0.2) is 4.98 Å². The smallest absolute Gasteiger partial charge is 0.110 e. The maximum Gasteiger partial charge on any atom is 0.110 e. The summed E-state index contributed by atoms with van der Waals surface area (Å²) in [5, 5.41) is 7.38. The summed E-state index contributed by atoms with van der Waals surface area (Å²) in [6, 6.07) is 1.14. The molecule has 2 aliphatic rings. The van der Waals surface area contributed by atoms with Gasteiger partial charge < -0.3 is 5.32 Å². The van der Waals surface area contributed by atoms with Crippen molar-refractivity contribution in [3.8, 4) is 0 Å². The maximum atomic E-state index is 4.67. The van der Waals surface area contributed by atoms with Crippen LogP contribution in [0.25, 0.3) is 0 Å². The summed E-state index contributed by atoms with van der Waals surface area (Å²) in [7, 11) is 0. The minimum atomic E-state index is 0.415. The Morgan fingerprint density at radius 3 is 2.52 bits per heavy atom.